The molecule has 0 aliphatic carbocycles. The van der Waals surface area contributed by atoms with Gasteiger partial charge in [0.2, 0.25) is 0 Å². The van der Waals surface area contributed by atoms with E-state index in [-0.39, 0.29) is 5.25 Å². The summed E-state index contributed by atoms with van der Waals surface area (Å²) in [6.45, 7) is 6.12. The summed E-state index contributed by atoms with van der Waals surface area (Å²) >= 11 is 0. The summed E-state index contributed by atoms with van der Waals surface area (Å²) in [4.78, 5) is 0. The van der Waals surface area contributed by atoms with Gasteiger partial charge in [0.15, 0.2) is 0 Å². The molecule has 1 aromatic carbocycles. The van der Waals surface area contributed by atoms with Crippen LogP contribution in [0.3, 0.4) is 0 Å². The van der Waals surface area contributed by atoms with Gasteiger partial charge >= 0.3 is 0 Å². The van der Waals surface area contributed by atoms with Crippen LogP contribution in [0.5, 0.6) is 0 Å². The number of hydrogen-bond acceptors (Lipinski definition) is 2. The van der Waals surface area contributed by atoms with Crippen molar-refractivity contribution in [3.63, 3.8) is 0 Å². The maximum absolute atomic E-state index is 12.1. The van der Waals surface area contributed by atoms with Crippen LogP contribution in [-0.2, 0) is 17.5 Å². The van der Waals surface area contributed by atoms with Crippen molar-refractivity contribution in [2.75, 3.05) is 13.1 Å². The SMILES string of the molecule is CC(C)S(=O)N(CCCN)Cc1ccccc1. The molecule has 0 aromatic heterocycles. The summed E-state index contributed by atoms with van der Waals surface area (Å²) < 4.78 is 14.2. The van der Waals surface area contributed by atoms with Gasteiger partial charge < -0.3 is 5.73 Å². The second-order valence-corrected chi connectivity index (χ2v) is 6.33. The molecule has 0 amide bonds. The first-order valence-electron chi connectivity index (χ1n) is 6.04. The highest BCUT2D eigenvalue weighted by Gasteiger charge is 2.16. The molecule has 0 saturated heterocycles. The molecule has 0 bridgehead atoms. The summed E-state index contributed by atoms with van der Waals surface area (Å²) in [6, 6.07) is 10.1. The fraction of sp³-hybridized carbons (Fsp3) is 0.538. The zero-order chi connectivity index (χ0) is 12.7. The van der Waals surface area contributed by atoms with E-state index in [1.807, 2.05) is 36.4 Å². The number of hydrogen-bond donors (Lipinski definition) is 1. The van der Waals surface area contributed by atoms with Gasteiger partial charge in [0.1, 0.15) is 0 Å². The van der Waals surface area contributed by atoms with E-state index in [0.717, 1.165) is 19.5 Å². The number of rotatable bonds is 7. The Hall–Kier alpha value is -0.710. The minimum atomic E-state index is -0.934. The fourth-order valence-corrected chi connectivity index (χ4v) is 2.77. The molecule has 0 radical (unpaired) electrons. The van der Waals surface area contributed by atoms with E-state index in [4.69, 9.17) is 5.73 Å². The van der Waals surface area contributed by atoms with Crippen molar-refractivity contribution < 1.29 is 4.21 Å². The van der Waals surface area contributed by atoms with E-state index >= 15 is 0 Å². The average molecular weight is 254 g/mol. The largest absolute Gasteiger partial charge is 0.330 e. The molecule has 1 rings (SSSR count). The van der Waals surface area contributed by atoms with Gasteiger partial charge in [-0.1, -0.05) is 30.3 Å². The fourth-order valence-electron chi connectivity index (χ4n) is 1.59. The van der Waals surface area contributed by atoms with Crippen molar-refractivity contribution in [2.24, 2.45) is 5.73 Å². The summed E-state index contributed by atoms with van der Waals surface area (Å²) in [5, 5.41) is 0.150. The van der Waals surface area contributed by atoms with Gasteiger partial charge in [0.05, 0.1) is 11.0 Å². The normalized spacial score (nSPS) is 13.2. The van der Waals surface area contributed by atoms with E-state index in [0.29, 0.717) is 6.54 Å². The highest BCUT2D eigenvalue weighted by atomic mass is 32.2. The lowest BCUT2D eigenvalue weighted by atomic mass is 10.2. The van der Waals surface area contributed by atoms with Gasteiger partial charge in [-0.25, -0.2) is 8.51 Å². The second-order valence-electron chi connectivity index (χ2n) is 4.32. The molecule has 0 aliphatic rings. The van der Waals surface area contributed by atoms with Gasteiger partial charge in [0, 0.05) is 18.3 Å². The summed E-state index contributed by atoms with van der Waals surface area (Å²) in [7, 11) is -0.934. The molecule has 96 valence electrons. The quantitative estimate of drug-likeness (QED) is 0.808. The van der Waals surface area contributed by atoms with Crippen molar-refractivity contribution in [3.8, 4) is 0 Å². The van der Waals surface area contributed by atoms with E-state index in [2.05, 4.69) is 12.1 Å². The van der Waals surface area contributed by atoms with Gasteiger partial charge in [0.25, 0.3) is 0 Å². The van der Waals surface area contributed by atoms with Crippen molar-refractivity contribution in [1.29, 1.82) is 0 Å². The Labute approximate surface area is 107 Å². The van der Waals surface area contributed by atoms with Gasteiger partial charge in [-0.2, -0.15) is 0 Å². The molecule has 4 heteroatoms. The number of nitrogens with two attached hydrogens (primary N) is 1. The standard InChI is InChI=1S/C13H22N2OS/c1-12(2)17(16)15(10-6-9-14)11-13-7-4-3-5-8-13/h3-5,7-8,12H,6,9-11,14H2,1-2H3. The van der Waals surface area contributed by atoms with Gasteiger partial charge in [-0.15, -0.1) is 0 Å². The smallest absolute Gasteiger partial charge is 0.0971 e. The Morgan fingerprint density at radius 2 is 1.94 bits per heavy atom. The van der Waals surface area contributed by atoms with E-state index in [1.165, 1.54) is 5.56 Å². The van der Waals surface area contributed by atoms with Crippen LogP contribution in [0, 0.1) is 0 Å². The first-order valence-corrected chi connectivity index (χ1v) is 7.21. The van der Waals surface area contributed by atoms with E-state index < -0.39 is 11.0 Å². The van der Waals surface area contributed by atoms with Crippen LogP contribution in [0.4, 0.5) is 0 Å². The van der Waals surface area contributed by atoms with Crippen molar-refractivity contribution in [2.45, 2.75) is 32.1 Å². The van der Waals surface area contributed by atoms with Crippen LogP contribution in [0.15, 0.2) is 30.3 Å². The molecule has 17 heavy (non-hydrogen) atoms. The molecule has 0 aliphatic heterocycles. The first kappa shape index (κ1) is 14.4. The van der Waals surface area contributed by atoms with Crippen LogP contribution in [0.1, 0.15) is 25.8 Å². The van der Waals surface area contributed by atoms with Crippen molar-refractivity contribution in [3.05, 3.63) is 35.9 Å². The predicted octanol–water partition coefficient (Wildman–Crippen LogP) is 1.91. The third-order valence-electron chi connectivity index (χ3n) is 2.47. The third-order valence-corrected chi connectivity index (χ3v) is 4.10. The number of benzene rings is 1. The lowest BCUT2D eigenvalue weighted by Crippen LogP contribution is -2.32. The summed E-state index contributed by atoms with van der Waals surface area (Å²) in [5.74, 6) is 0. The summed E-state index contributed by atoms with van der Waals surface area (Å²) in [5.41, 5.74) is 6.71. The van der Waals surface area contributed by atoms with Gasteiger partial charge in [-0.05, 0) is 32.4 Å². The molecule has 1 atom stereocenters. The lowest BCUT2D eigenvalue weighted by Gasteiger charge is -2.23. The van der Waals surface area contributed by atoms with Crippen molar-refractivity contribution >= 4 is 11.0 Å². The first-order chi connectivity index (χ1) is 8.15. The Kier molecular flexibility index (Phi) is 6.40. The second kappa shape index (κ2) is 7.58. The molecule has 2 N–H and O–H groups in total. The predicted molar refractivity (Wildman–Crippen MR) is 73.8 cm³/mol. The van der Waals surface area contributed by atoms with Crippen LogP contribution >= 0.6 is 0 Å². The Bertz CT molecular complexity index is 341. The van der Waals surface area contributed by atoms with Crippen LogP contribution in [0.25, 0.3) is 0 Å². The zero-order valence-electron chi connectivity index (χ0n) is 10.6. The topological polar surface area (TPSA) is 46.3 Å². The minimum Gasteiger partial charge on any atom is -0.330 e. The van der Waals surface area contributed by atoms with Crippen LogP contribution in [0.2, 0.25) is 0 Å². The molecule has 1 aromatic rings. The minimum absolute atomic E-state index is 0.150. The van der Waals surface area contributed by atoms with E-state index in [9.17, 15) is 4.21 Å². The molecular weight excluding hydrogens is 232 g/mol. The van der Waals surface area contributed by atoms with Gasteiger partial charge in [-0.3, -0.25) is 0 Å². The maximum Gasteiger partial charge on any atom is 0.0971 e. The van der Waals surface area contributed by atoms with Crippen LogP contribution in [-0.4, -0.2) is 26.9 Å². The highest BCUT2D eigenvalue weighted by Crippen LogP contribution is 2.10. The van der Waals surface area contributed by atoms with E-state index in [1.54, 1.807) is 0 Å². The maximum atomic E-state index is 12.1. The summed E-state index contributed by atoms with van der Waals surface area (Å²) in [6.07, 6.45) is 0.880. The Morgan fingerprint density at radius 3 is 2.47 bits per heavy atom. The molecule has 1 unspecified atom stereocenters. The Balaban J connectivity index is 2.66. The number of nitrogens with zero attached hydrogens (tertiary/aromatic N) is 1. The van der Waals surface area contributed by atoms with Crippen molar-refractivity contribution in [1.82, 2.24) is 4.31 Å². The molecule has 0 heterocycles. The monoisotopic (exact) mass is 254 g/mol. The molecule has 0 saturated carbocycles. The average Bonchev–Trinajstić information content (AvgIpc) is 2.34. The third kappa shape index (κ3) is 4.98. The van der Waals surface area contributed by atoms with Crippen LogP contribution < -0.4 is 5.73 Å². The molecule has 0 fully saturated rings. The lowest BCUT2D eigenvalue weighted by molar-refractivity contribution is 0.430. The zero-order valence-corrected chi connectivity index (χ0v) is 11.5. The molecule has 3 nitrogen and oxygen atoms in total. The highest BCUT2D eigenvalue weighted by molar-refractivity contribution is 7.83. The molecule has 0 spiro atoms. The molecular formula is C13H22N2OS. The Morgan fingerprint density at radius 1 is 1.29 bits per heavy atom.